The lowest BCUT2D eigenvalue weighted by molar-refractivity contribution is -0.131. The van der Waals surface area contributed by atoms with E-state index in [0.717, 1.165) is 62.5 Å². The summed E-state index contributed by atoms with van der Waals surface area (Å²) in [5.41, 5.74) is 7.99. The average Bonchev–Trinajstić information content (AvgIpc) is 3.13. The Morgan fingerprint density at radius 3 is 2.39 bits per heavy atom. The quantitative estimate of drug-likeness (QED) is 0.217. The summed E-state index contributed by atoms with van der Waals surface area (Å²) in [6.45, 7) is 4.19. The fraction of sp³-hybridized carbons (Fsp3) is 0.107. The lowest BCUT2D eigenvalue weighted by atomic mass is 9.88. The van der Waals surface area contributed by atoms with Crippen LogP contribution >= 0.6 is 23.2 Å². The highest BCUT2D eigenvalue weighted by molar-refractivity contribution is 6.38. The molecule has 5 heteroatoms. The number of benzene rings is 3. The number of hydrogen-bond acceptors (Lipinski definition) is 1. The number of aromatic amines is 1. The number of hydrogen-bond donors (Lipinski definition) is 2. The minimum Gasteiger partial charge on any atom is -0.478 e. The Balaban J connectivity index is 1.98. The molecule has 4 aromatic rings. The summed E-state index contributed by atoms with van der Waals surface area (Å²) in [6, 6.07) is 21.7. The Bertz CT molecular complexity index is 1400. The van der Waals surface area contributed by atoms with E-state index < -0.39 is 5.97 Å². The maximum Gasteiger partial charge on any atom is 0.328 e. The van der Waals surface area contributed by atoms with Gasteiger partial charge in [-0.15, -0.1) is 0 Å². The molecule has 3 nitrogen and oxygen atoms in total. The molecule has 0 aliphatic carbocycles. The van der Waals surface area contributed by atoms with Gasteiger partial charge < -0.3 is 10.1 Å². The fourth-order valence-electron chi connectivity index (χ4n) is 4.15. The molecule has 0 bridgehead atoms. The van der Waals surface area contributed by atoms with Crippen LogP contribution < -0.4 is 0 Å². The van der Waals surface area contributed by atoms with Crippen LogP contribution in [0.4, 0.5) is 0 Å². The van der Waals surface area contributed by atoms with Gasteiger partial charge in [-0.3, -0.25) is 0 Å². The number of allylic oxidation sites excluding steroid dienone is 1. The predicted octanol–water partition coefficient (Wildman–Crippen LogP) is 8.25. The number of carboxylic acids is 1. The molecule has 0 spiro atoms. The third-order valence-electron chi connectivity index (χ3n) is 5.68. The summed E-state index contributed by atoms with van der Waals surface area (Å²) in [4.78, 5) is 14.4. The van der Waals surface area contributed by atoms with Gasteiger partial charge in [0.2, 0.25) is 0 Å². The molecule has 0 saturated heterocycles. The Labute approximate surface area is 203 Å². The van der Waals surface area contributed by atoms with Crippen LogP contribution in [-0.4, -0.2) is 16.1 Å². The van der Waals surface area contributed by atoms with Crippen LogP contribution in [-0.2, 0) is 4.79 Å². The van der Waals surface area contributed by atoms with Gasteiger partial charge in [0.25, 0.3) is 0 Å². The van der Waals surface area contributed by atoms with Crippen molar-refractivity contribution in [3.63, 3.8) is 0 Å². The second kappa shape index (κ2) is 9.70. The number of H-pyrrole nitrogens is 1. The predicted molar refractivity (Wildman–Crippen MR) is 139 cm³/mol. The van der Waals surface area contributed by atoms with E-state index >= 15 is 0 Å². The first kappa shape index (κ1) is 22.9. The van der Waals surface area contributed by atoms with Gasteiger partial charge in [-0.05, 0) is 65.4 Å². The first-order chi connectivity index (χ1) is 15.9. The van der Waals surface area contributed by atoms with E-state index in [9.17, 15) is 4.79 Å². The van der Waals surface area contributed by atoms with Gasteiger partial charge in [0.1, 0.15) is 0 Å². The van der Waals surface area contributed by atoms with Crippen molar-refractivity contribution in [1.29, 1.82) is 0 Å². The van der Waals surface area contributed by atoms with E-state index in [1.54, 1.807) is 6.08 Å². The van der Waals surface area contributed by atoms with Crippen molar-refractivity contribution >= 4 is 57.3 Å². The SMILES string of the molecule is CC/C(=C(/c1ccc(/C=C/C(=O)O)cc1)c1[nH]c2ccccc2c1Cl)c1ccc(Cl)cc1C. The van der Waals surface area contributed by atoms with E-state index in [0.29, 0.717) is 10.0 Å². The van der Waals surface area contributed by atoms with Crippen LogP contribution in [0, 0.1) is 6.92 Å². The van der Waals surface area contributed by atoms with Crippen molar-refractivity contribution in [3.8, 4) is 0 Å². The summed E-state index contributed by atoms with van der Waals surface area (Å²) in [5, 5.41) is 11.3. The highest BCUT2D eigenvalue weighted by Crippen LogP contribution is 2.41. The summed E-state index contributed by atoms with van der Waals surface area (Å²) < 4.78 is 0. The van der Waals surface area contributed by atoms with Crippen molar-refractivity contribution in [2.24, 2.45) is 0 Å². The highest BCUT2D eigenvalue weighted by atomic mass is 35.5. The van der Waals surface area contributed by atoms with Gasteiger partial charge in [0, 0.05) is 27.6 Å². The molecule has 0 saturated carbocycles. The Morgan fingerprint density at radius 1 is 1.03 bits per heavy atom. The zero-order valence-electron chi connectivity index (χ0n) is 18.3. The Hall–Kier alpha value is -3.27. The standard InChI is InChI=1S/C28H23Cl2NO2/c1-3-21(22-14-13-20(29)16-17(22)2)26(19-11-8-18(9-12-19)10-15-25(32)33)28-27(30)23-6-4-5-7-24(23)31-28/h4-16,31H,3H2,1-2H3,(H,32,33)/b15-10+,26-21+. The molecular weight excluding hydrogens is 453 g/mol. The molecule has 0 amide bonds. The molecule has 0 radical (unpaired) electrons. The summed E-state index contributed by atoms with van der Waals surface area (Å²) in [6.07, 6.45) is 3.49. The minimum absolute atomic E-state index is 0.674. The summed E-state index contributed by atoms with van der Waals surface area (Å²) in [5.74, 6) is -0.976. The maximum absolute atomic E-state index is 10.9. The molecule has 2 N–H and O–H groups in total. The van der Waals surface area contributed by atoms with Crippen LogP contribution in [0.3, 0.4) is 0 Å². The third-order valence-corrected chi connectivity index (χ3v) is 6.31. The van der Waals surface area contributed by atoms with Crippen LogP contribution in [0.25, 0.3) is 28.1 Å². The van der Waals surface area contributed by atoms with Gasteiger partial charge in [-0.2, -0.15) is 0 Å². The van der Waals surface area contributed by atoms with Crippen molar-refractivity contribution in [2.75, 3.05) is 0 Å². The molecule has 1 aromatic heterocycles. The molecule has 0 aliphatic rings. The zero-order chi connectivity index (χ0) is 23.5. The molecule has 4 rings (SSSR count). The number of fused-ring (bicyclic) bond motifs is 1. The van der Waals surface area contributed by atoms with Gasteiger partial charge in [-0.25, -0.2) is 4.79 Å². The normalized spacial score (nSPS) is 12.4. The number of nitrogens with one attached hydrogen (secondary N) is 1. The van der Waals surface area contributed by atoms with Crippen molar-refractivity contribution in [2.45, 2.75) is 20.3 Å². The second-order valence-electron chi connectivity index (χ2n) is 7.82. The van der Waals surface area contributed by atoms with E-state index in [2.05, 4.69) is 24.9 Å². The number of para-hydroxylation sites is 1. The molecule has 0 aliphatic heterocycles. The minimum atomic E-state index is -0.976. The number of carboxylic acid groups (broad SMARTS) is 1. The maximum atomic E-state index is 10.9. The van der Waals surface area contributed by atoms with Crippen molar-refractivity contribution in [3.05, 3.63) is 111 Å². The lowest BCUT2D eigenvalue weighted by Gasteiger charge is -2.17. The van der Waals surface area contributed by atoms with Gasteiger partial charge >= 0.3 is 5.97 Å². The molecular formula is C28H23Cl2NO2. The first-order valence-electron chi connectivity index (χ1n) is 10.7. The van der Waals surface area contributed by atoms with Gasteiger partial charge in [0.05, 0.1) is 10.7 Å². The number of carbonyl (C=O) groups is 1. The zero-order valence-corrected chi connectivity index (χ0v) is 19.8. The van der Waals surface area contributed by atoms with E-state index in [-0.39, 0.29) is 0 Å². The van der Waals surface area contributed by atoms with Crippen molar-refractivity contribution < 1.29 is 9.90 Å². The van der Waals surface area contributed by atoms with Crippen LogP contribution in [0.2, 0.25) is 10.0 Å². The monoisotopic (exact) mass is 475 g/mol. The Kier molecular flexibility index (Phi) is 6.73. The van der Waals surface area contributed by atoms with Crippen molar-refractivity contribution in [1.82, 2.24) is 4.98 Å². The second-order valence-corrected chi connectivity index (χ2v) is 8.63. The average molecular weight is 476 g/mol. The number of aromatic nitrogens is 1. The number of aliphatic carboxylic acids is 1. The van der Waals surface area contributed by atoms with E-state index in [1.165, 1.54) is 0 Å². The molecule has 1 heterocycles. The number of aryl methyl sites for hydroxylation is 1. The largest absolute Gasteiger partial charge is 0.478 e. The topological polar surface area (TPSA) is 53.1 Å². The molecule has 166 valence electrons. The Morgan fingerprint density at radius 2 is 1.76 bits per heavy atom. The third kappa shape index (κ3) is 4.75. The molecule has 0 unspecified atom stereocenters. The highest BCUT2D eigenvalue weighted by Gasteiger charge is 2.20. The fourth-order valence-corrected chi connectivity index (χ4v) is 4.68. The molecule has 0 fully saturated rings. The van der Waals surface area contributed by atoms with Gasteiger partial charge in [0.15, 0.2) is 0 Å². The number of rotatable bonds is 6. The van der Waals surface area contributed by atoms with E-state index in [1.807, 2.05) is 60.7 Å². The smallest absolute Gasteiger partial charge is 0.328 e. The molecule has 33 heavy (non-hydrogen) atoms. The van der Waals surface area contributed by atoms with Crippen LogP contribution in [0.5, 0.6) is 0 Å². The number of halogens is 2. The van der Waals surface area contributed by atoms with Gasteiger partial charge in [-0.1, -0.05) is 78.7 Å². The van der Waals surface area contributed by atoms with Crippen LogP contribution in [0.1, 0.15) is 41.3 Å². The molecule has 0 atom stereocenters. The lowest BCUT2D eigenvalue weighted by Crippen LogP contribution is -1.98. The molecule has 3 aromatic carbocycles. The summed E-state index contributed by atoms with van der Waals surface area (Å²) in [7, 11) is 0. The van der Waals surface area contributed by atoms with Crippen LogP contribution in [0.15, 0.2) is 72.8 Å². The van der Waals surface area contributed by atoms with E-state index in [4.69, 9.17) is 28.3 Å². The first-order valence-corrected chi connectivity index (χ1v) is 11.4. The summed E-state index contributed by atoms with van der Waals surface area (Å²) >= 11 is 13.1.